The standard InChI is InChI=1S/C10H12N2O3/c1-14-9-6-12-10(15-2)5-7(9)8(13)3-4-11/h5-6,8,13H,3H2,1-2H3. The molecule has 0 fully saturated rings. The lowest BCUT2D eigenvalue weighted by molar-refractivity contribution is 0.178. The number of ether oxygens (including phenoxy) is 2. The smallest absolute Gasteiger partial charge is 0.213 e. The average molecular weight is 208 g/mol. The van der Waals surface area contributed by atoms with Gasteiger partial charge in [-0.2, -0.15) is 5.26 Å². The number of nitriles is 1. The fraction of sp³-hybridized carbons (Fsp3) is 0.400. The van der Waals surface area contributed by atoms with Crippen LogP contribution >= 0.6 is 0 Å². The summed E-state index contributed by atoms with van der Waals surface area (Å²) in [7, 11) is 2.96. The molecule has 1 heterocycles. The van der Waals surface area contributed by atoms with E-state index >= 15 is 0 Å². The molecule has 1 unspecified atom stereocenters. The van der Waals surface area contributed by atoms with E-state index in [0.717, 1.165) is 0 Å². The van der Waals surface area contributed by atoms with E-state index in [9.17, 15) is 5.11 Å². The van der Waals surface area contributed by atoms with Crippen LogP contribution in [0.2, 0.25) is 0 Å². The summed E-state index contributed by atoms with van der Waals surface area (Å²) in [5.41, 5.74) is 0.505. The second kappa shape index (κ2) is 5.17. The summed E-state index contributed by atoms with van der Waals surface area (Å²) in [6, 6.07) is 3.44. The molecule has 0 aliphatic heterocycles. The van der Waals surface area contributed by atoms with Crippen molar-refractivity contribution in [1.82, 2.24) is 4.98 Å². The van der Waals surface area contributed by atoms with Crippen molar-refractivity contribution >= 4 is 0 Å². The van der Waals surface area contributed by atoms with Gasteiger partial charge < -0.3 is 14.6 Å². The van der Waals surface area contributed by atoms with Crippen LogP contribution in [0.3, 0.4) is 0 Å². The Morgan fingerprint density at radius 2 is 2.27 bits per heavy atom. The Morgan fingerprint density at radius 3 is 2.80 bits per heavy atom. The van der Waals surface area contributed by atoms with E-state index in [2.05, 4.69) is 4.98 Å². The van der Waals surface area contributed by atoms with Crippen molar-refractivity contribution in [2.75, 3.05) is 14.2 Å². The monoisotopic (exact) mass is 208 g/mol. The van der Waals surface area contributed by atoms with E-state index in [1.54, 1.807) is 6.07 Å². The zero-order chi connectivity index (χ0) is 11.3. The number of aromatic nitrogens is 1. The lowest BCUT2D eigenvalue weighted by Gasteiger charge is -2.12. The first-order valence-electron chi connectivity index (χ1n) is 4.35. The maximum absolute atomic E-state index is 9.67. The third kappa shape index (κ3) is 2.58. The van der Waals surface area contributed by atoms with E-state index in [1.807, 2.05) is 6.07 Å². The van der Waals surface area contributed by atoms with Crippen LogP contribution in [0.15, 0.2) is 12.3 Å². The number of rotatable bonds is 4. The number of aliphatic hydroxyl groups is 1. The molecule has 1 atom stereocenters. The van der Waals surface area contributed by atoms with Crippen LogP contribution in [0.25, 0.3) is 0 Å². The SMILES string of the molecule is COc1cc(C(O)CC#N)c(OC)cn1. The number of nitrogens with zero attached hydrogens (tertiary/aromatic N) is 2. The van der Waals surface area contributed by atoms with Gasteiger partial charge in [0, 0.05) is 11.6 Å². The number of hydrogen-bond acceptors (Lipinski definition) is 5. The van der Waals surface area contributed by atoms with Crippen LogP contribution in [0, 0.1) is 11.3 Å². The molecule has 0 aromatic carbocycles. The highest BCUT2D eigenvalue weighted by Gasteiger charge is 2.14. The Morgan fingerprint density at radius 1 is 1.53 bits per heavy atom. The molecule has 0 saturated heterocycles. The normalized spacial score (nSPS) is 11.6. The van der Waals surface area contributed by atoms with Crippen LogP contribution < -0.4 is 9.47 Å². The summed E-state index contributed by atoms with van der Waals surface area (Å²) in [5.74, 6) is 0.821. The fourth-order valence-corrected chi connectivity index (χ4v) is 1.18. The van der Waals surface area contributed by atoms with Gasteiger partial charge >= 0.3 is 0 Å². The minimum absolute atomic E-state index is 0.00350. The number of aliphatic hydroxyl groups excluding tert-OH is 1. The number of methoxy groups -OCH3 is 2. The second-order valence-corrected chi connectivity index (χ2v) is 2.85. The molecule has 0 bridgehead atoms. The van der Waals surface area contributed by atoms with Crippen LogP contribution in [-0.2, 0) is 0 Å². The van der Waals surface area contributed by atoms with Gasteiger partial charge in [-0.3, -0.25) is 0 Å². The van der Waals surface area contributed by atoms with Crippen molar-refractivity contribution in [3.63, 3.8) is 0 Å². The Bertz CT molecular complexity index is 373. The highest BCUT2D eigenvalue weighted by atomic mass is 16.5. The van der Waals surface area contributed by atoms with Crippen molar-refractivity contribution < 1.29 is 14.6 Å². The molecule has 1 aromatic heterocycles. The highest BCUT2D eigenvalue weighted by Crippen LogP contribution is 2.28. The van der Waals surface area contributed by atoms with E-state index < -0.39 is 6.10 Å². The van der Waals surface area contributed by atoms with Gasteiger partial charge in [0.15, 0.2) is 0 Å². The van der Waals surface area contributed by atoms with Crippen LogP contribution in [0.4, 0.5) is 0 Å². The molecular weight excluding hydrogens is 196 g/mol. The zero-order valence-corrected chi connectivity index (χ0v) is 8.60. The van der Waals surface area contributed by atoms with Gasteiger partial charge in [-0.1, -0.05) is 0 Å². The van der Waals surface area contributed by atoms with Crippen molar-refractivity contribution in [3.05, 3.63) is 17.8 Å². The van der Waals surface area contributed by atoms with Crippen molar-refractivity contribution in [3.8, 4) is 17.7 Å². The van der Waals surface area contributed by atoms with Gasteiger partial charge in [0.25, 0.3) is 0 Å². The summed E-state index contributed by atoms with van der Waals surface area (Å²) in [4.78, 5) is 3.93. The first kappa shape index (κ1) is 11.3. The Labute approximate surface area is 87.9 Å². The third-order valence-electron chi connectivity index (χ3n) is 1.95. The maximum atomic E-state index is 9.67. The number of pyridine rings is 1. The van der Waals surface area contributed by atoms with Crippen LogP contribution in [0.5, 0.6) is 11.6 Å². The van der Waals surface area contributed by atoms with E-state index in [-0.39, 0.29) is 6.42 Å². The molecule has 5 heteroatoms. The first-order valence-corrected chi connectivity index (χ1v) is 4.35. The van der Waals surface area contributed by atoms with Crippen LogP contribution in [-0.4, -0.2) is 24.3 Å². The Balaban J connectivity index is 3.06. The lowest BCUT2D eigenvalue weighted by Crippen LogP contribution is -2.01. The highest BCUT2D eigenvalue weighted by molar-refractivity contribution is 5.36. The summed E-state index contributed by atoms with van der Waals surface area (Å²) < 4.78 is 9.95. The van der Waals surface area contributed by atoms with Gasteiger partial charge in [0.05, 0.1) is 39.0 Å². The van der Waals surface area contributed by atoms with E-state index in [4.69, 9.17) is 14.7 Å². The molecule has 0 aliphatic carbocycles. The molecule has 0 aliphatic rings. The summed E-state index contributed by atoms with van der Waals surface area (Å²) in [5, 5.41) is 18.2. The quantitative estimate of drug-likeness (QED) is 0.800. The summed E-state index contributed by atoms with van der Waals surface area (Å²) >= 11 is 0. The zero-order valence-electron chi connectivity index (χ0n) is 8.60. The van der Waals surface area contributed by atoms with Crippen molar-refractivity contribution in [1.29, 1.82) is 5.26 Å². The lowest BCUT2D eigenvalue weighted by atomic mass is 10.1. The predicted molar refractivity (Wildman–Crippen MR) is 52.5 cm³/mol. The van der Waals surface area contributed by atoms with Gasteiger partial charge in [-0.25, -0.2) is 4.98 Å². The van der Waals surface area contributed by atoms with Crippen molar-refractivity contribution in [2.24, 2.45) is 0 Å². The predicted octanol–water partition coefficient (Wildman–Crippen LogP) is 1.05. The summed E-state index contributed by atoms with van der Waals surface area (Å²) in [6.07, 6.45) is 0.569. The maximum Gasteiger partial charge on any atom is 0.213 e. The Hall–Kier alpha value is -1.80. The topological polar surface area (TPSA) is 75.4 Å². The molecule has 0 amide bonds. The van der Waals surface area contributed by atoms with Gasteiger partial charge in [-0.05, 0) is 0 Å². The van der Waals surface area contributed by atoms with Crippen LogP contribution in [0.1, 0.15) is 18.1 Å². The van der Waals surface area contributed by atoms with E-state index in [0.29, 0.717) is 17.2 Å². The molecule has 0 spiro atoms. The molecule has 15 heavy (non-hydrogen) atoms. The fourth-order valence-electron chi connectivity index (χ4n) is 1.18. The van der Waals surface area contributed by atoms with Gasteiger partial charge in [0.2, 0.25) is 5.88 Å². The third-order valence-corrected chi connectivity index (χ3v) is 1.95. The van der Waals surface area contributed by atoms with Gasteiger partial charge in [0.1, 0.15) is 5.75 Å². The molecule has 5 nitrogen and oxygen atoms in total. The van der Waals surface area contributed by atoms with Crippen molar-refractivity contribution in [2.45, 2.75) is 12.5 Å². The summed E-state index contributed by atoms with van der Waals surface area (Å²) in [6.45, 7) is 0. The molecule has 0 saturated carbocycles. The minimum Gasteiger partial charge on any atom is -0.495 e. The molecule has 80 valence electrons. The molecule has 1 N–H and O–H groups in total. The molecular formula is C10H12N2O3. The minimum atomic E-state index is -0.887. The second-order valence-electron chi connectivity index (χ2n) is 2.85. The molecule has 1 aromatic rings. The largest absolute Gasteiger partial charge is 0.495 e. The first-order chi connectivity index (χ1) is 7.22. The Kier molecular flexibility index (Phi) is 3.89. The van der Waals surface area contributed by atoms with E-state index in [1.165, 1.54) is 20.4 Å². The molecule has 0 radical (unpaired) electrons. The van der Waals surface area contributed by atoms with Gasteiger partial charge in [-0.15, -0.1) is 0 Å². The average Bonchev–Trinajstić information content (AvgIpc) is 2.28. The number of hydrogen-bond donors (Lipinski definition) is 1. The molecule has 1 rings (SSSR count).